The van der Waals surface area contributed by atoms with Crippen molar-refractivity contribution >= 4 is 45.0 Å². The smallest absolute Gasteiger partial charge is 0.410 e. The van der Waals surface area contributed by atoms with Crippen molar-refractivity contribution in [3.63, 3.8) is 0 Å². The Morgan fingerprint density at radius 1 is 1.18 bits per heavy atom. The molecule has 0 aliphatic rings. The Labute approximate surface area is 204 Å². The number of nitrogens with zero attached hydrogens (tertiary/aromatic N) is 3. The summed E-state index contributed by atoms with van der Waals surface area (Å²) in [7, 11) is 1.76. The summed E-state index contributed by atoms with van der Waals surface area (Å²) in [4.78, 5) is 31.6. The predicted molar refractivity (Wildman–Crippen MR) is 139 cm³/mol. The van der Waals surface area contributed by atoms with Gasteiger partial charge in [0, 0.05) is 35.6 Å². The number of carbonyl (C=O) groups excluding carboxylic acids is 2. The van der Waals surface area contributed by atoms with Crippen LogP contribution in [0.15, 0.2) is 35.7 Å². The lowest BCUT2D eigenvalue weighted by atomic mass is 9.94. The summed E-state index contributed by atoms with van der Waals surface area (Å²) < 4.78 is 7.18. The zero-order valence-corrected chi connectivity index (χ0v) is 21.6. The van der Waals surface area contributed by atoms with Gasteiger partial charge in [-0.05, 0) is 63.1 Å². The molecule has 1 aromatic carbocycles. The van der Waals surface area contributed by atoms with Gasteiger partial charge in [-0.3, -0.25) is 14.3 Å². The molecule has 1 amide bonds. The molecule has 0 radical (unpaired) electrons. The van der Waals surface area contributed by atoms with E-state index in [1.807, 2.05) is 40.0 Å². The Balaban J connectivity index is 1.68. The van der Waals surface area contributed by atoms with Crippen molar-refractivity contribution in [1.82, 2.24) is 14.5 Å². The highest BCUT2D eigenvalue weighted by molar-refractivity contribution is 7.17. The second-order valence-electron chi connectivity index (χ2n) is 9.88. The van der Waals surface area contributed by atoms with Crippen LogP contribution >= 0.6 is 11.3 Å². The van der Waals surface area contributed by atoms with Crippen LogP contribution < -0.4 is 0 Å². The van der Waals surface area contributed by atoms with Crippen molar-refractivity contribution in [2.75, 3.05) is 13.6 Å². The number of hydrogen-bond donors (Lipinski definition) is 0. The van der Waals surface area contributed by atoms with E-state index in [-0.39, 0.29) is 12.0 Å². The standard InChI is InChI=1S/C27H31N3O3S/c1-16(14-29(7)26(32)33-27(4,5)6)19-8-10-20(11-9-19)22-17(2)28-18(3)24-23(22)21-12-13-34-25(21)30(24)15-31/h8-13,15-16H,14H2,1-7H3. The third-order valence-electron chi connectivity index (χ3n) is 6.03. The maximum atomic E-state index is 12.3. The summed E-state index contributed by atoms with van der Waals surface area (Å²) in [5, 5.41) is 4.16. The molecule has 7 heteroatoms. The highest BCUT2D eigenvalue weighted by Crippen LogP contribution is 2.40. The fourth-order valence-corrected chi connectivity index (χ4v) is 5.42. The lowest BCUT2D eigenvalue weighted by Crippen LogP contribution is -2.36. The van der Waals surface area contributed by atoms with E-state index in [1.165, 1.54) is 0 Å². The lowest BCUT2D eigenvalue weighted by molar-refractivity contribution is 0.0291. The quantitative estimate of drug-likeness (QED) is 0.306. The van der Waals surface area contributed by atoms with Crippen molar-refractivity contribution in [3.05, 3.63) is 52.7 Å². The minimum absolute atomic E-state index is 0.142. The summed E-state index contributed by atoms with van der Waals surface area (Å²) in [5.74, 6) is 0.142. The summed E-state index contributed by atoms with van der Waals surface area (Å²) >= 11 is 1.56. The molecule has 0 aliphatic carbocycles. The van der Waals surface area contributed by atoms with E-state index < -0.39 is 5.60 Å². The monoisotopic (exact) mass is 477 g/mol. The summed E-state index contributed by atoms with van der Waals surface area (Å²) in [6, 6.07) is 10.5. The summed E-state index contributed by atoms with van der Waals surface area (Å²) in [6.45, 7) is 12.2. The number of thiophene rings is 1. The minimum Gasteiger partial charge on any atom is -0.444 e. The number of hydrogen-bond acceptors (Lipinski definition) is 5. The third-order valence-corrected chi connectivity index (χ3v) is 6.94. The molecule has 34 heavy (non-hydrogen) atoms. The normalized spacial score (nSPS) is 12.8. The first kappa shape index (κ1) is 24.0. The van der Waals surface area contributed by atoms with Crippen molar-refractivity contribution in [1.29, 1.82) is 0 Å². The van der Waals surface area contributed by atoms with Gasteiger partial charge in [0.05, 0.1) is 11.2 Å². The van der Waals surface area contributed by atoms with Crippen molar-refractivity contribution in [3.8, 4) is 11.1 Å². The van der Waals surface area contributed by atoms with E-state index in [1.54, 1.807) is 27.9 Å². The van der Waals surface area contributed by atoms with Gasteiger partial charge in [-0.1, -0.05) is 31.2 Å². The van der Waals surface area contributed by atoms with Gasteiger partial charge in [-0.25, -0.2) is 4.79 Å². The van der Waals surface area contributed by atoms with Crippen LogP contribution in [0, 0.1) is 13.8 Å². The number of carbonyl (C=O) groups is 2. The molecule has 0 saturated carbocycles. The molecule has 0 bridgehead atoms. The van der Waals surface area contributed by atoms with Crippen LogP contribution in [0.2, 0.25) is 0 Å². The highest BCUT2D eigenvalue weighted by atomic mass is 32.1. The average molecular weight is 478 g/mol. The average Bonchev–Trinajstić information content (AvgIpc) is 3.34. The number of likely N-dealkylation sites (N-methyl/N-ethyl adjacent to an activating group) is 1. The molecule has 0 fully saturated rings. The first-order chi connectivity index (χ1) is 16.0. The summed E-state index contributed by atoms with van der Waals surface area (Å²) in [5.41, 5.74) is 5.39. The Morgan fingerprint density at radius 3 is 2.47 bits per heavy atom. The number of aromatic nitrogens is 2. The molecular weight excluding hydrogens is 446 g/mol. The first-order valence-corrected chi connectivity index (χ1v) is 12.3. The Morgan fingerprint density at radius 2 is 1.85 bits per heavy atom. The minimum atomic E-state index is -0.516. The first-order valence-electron chi connectivity index (χ1n) is 11.4. The van der Waals surface area contributed by atoms with Crippen LogP contribution in [0.1, 0.15) is 50.6 Å². The van der Waals surface area contributed by atoms with Gasteiger partial charge in [-0.15, -0.1) is 11.3 Å². The molecular formula is C27H31N3O3S. The molecule has 0 aliphatic heterocycles. The van der Waals surface area contributed by atoms with Gasteiger partial charge in [0.1, 0.15) is 10.4 Å². The third kappa shape index (κ3) is 4.32. The van der Waals surface area contributed by atoms with Gasteiger partial charge in [0.2, 0.25) is 6.41 Å². The largest absolute Gasteiger partial charge is 0.444 e. The van der Waals surface area contributed by atoms with Crippen molar-refractivity contribution in [2.45, 2.75) is 53.1 Å². The summed E-state index contributed by atoms with van der Waals surface area (Å²) in [6.07, 6.45) is 0.556. The molecule has 3 aromatic heterocycles. The van der Waals surface area contributed by atoms with Crippen LogP contribution in [0.25, 0.3) is 32.2 Å². The van der Waals surface area contributed by atoms with E-state index in [0.717, 1.165) is 55.6 Å². The molecule has 1 atom stereocenters. The molecule has 178 valence electrons. The maximum absolute atomic E-state index is 12.3. The highest BCUT2D eigenvalue weighted by Gasteiger charge is 2.23. The Hall–Kier alpha value is -3.19. The van der Waals surface area contributed by atoms with Gasteiger partial charge in [0.15, 0.2) is 0 Å². The van der Waals surface area contributed by atoms with Crippen molar-refractivity contribution < 1.29 is 14.3 Å². The molecule has 6 nitrogen and oxygen atoms in total. The Bertz CT molecular complexity index is 1380. The molecule has 0 spiro atoms. The maximum Gasteiger partial charge on any atom is 0.410 e. The number of amides is 1. The van der Waals surface area contributed by atoms with Crippen LogP contribution in [0.5, 0.6) is 0 Å². The Kier molecular flexibility index (Phi) is 6.25. The molecule has 4 aromatic rings. The number of aryl methyl sites for hydroxylation is 2. The fourth-order valence-electron chi connectivity index (χ4n) is 4.54. The number of benzene rings is 1. The lowest BCUT2D eigenvalue weighted by Gasteiger charge is -2.26. The second kappa shape index (κ2) is 8.87. The zero-order chi connectivity index (χ0) is 24.8. The van der Waals surface area contributed by atoms with Crippen LogP contribution in [-0.4, -0.2) is 46.1 Å². The van der Waals surface area contributed by atoms with E-state index >= 15 is 0 Å². The van der Waals surface area contributed by atoms with E-state index in [9.17, 15) is 9.59 Å². The van der Waals surface area contributed by atoms with Gasteiger partial charge in [-0.2, -0.15) is 0 Å². The molecule has 4 rings (SSSR count). The molecule has 0 N–H and O–H groups in total. The number of ether oxygens (including phenoxy) is 1. The fraction of sp³-hybridized carbons (Fsp3) is 0.370. The predicted octanol–water partition coefficient (Wildman–Crippen LogP) is 6.54. The zero-order valence-electron chi connectivity index (χ0n) is 20.8. The van der Waals surface area contributed by atoms with Crippen LogP contribution in [0.3, 0.4) is 0 Å². The van der Waals surface area contributed by atoms with Gasteiger partial charge < -0.3 is 9.64 Å². The molecule has 3 heterocycles. The van der Waals surface area contributed by atoms with E-state index in [0.29, 0.717) is 6.54 Å². The second-order valence-corrected chi connectivity index (χ2v) is 10.8. The van der Waals surface area contributed by atoms with E-state index in [2.05, 4.69) is 37.3 Å². The molecule has 1 unspecified atom stereocenters. The van der Waals surface area contributed by atoms with Crippen LogP contribution in [-0.2, 0) is 9.53 Å². The van der Waals surface area contributed by atoms with Crippen LogP contribution in [0.4, 0.5) is 4.79 Å². The van der Waals surface area contributed by atoms with Gasteiger partial charge in [0.25, 0.3) is 0 Å². The van der Waals surface area contributed by atoms with E-state index in [4.69, 9.17) is 9.72 Å². The SMILES string of the molecule is Cc1nc(C)c2c(c1-c1ccc(C(C)CN(C)C(=O)OC(C)(C)C)cc1)c1ccsc1n2C=O. The number of fused-ring (bicyclic) bond motifs is 3. The number of pyridine rings is 1. The van der Waals surface area contributed by atoms with Crippen molar-refractivity contribution in [2.24, 2.45) is 0 Å². The molecule has 0 saturated heterocycles. The number of rotatable bonds is 5. The van der Waals surface area contributed by atoms with Gasteiger partial charge >= 0.3 is 6.09 Å². The topological polar surface area (TPSA) is 64.4 Å².